The second-order valence-electron chi connectivity index (χ2n) is 8.32. The summed E-state index contributed by atoms with van der Waals surface area (Å²) in [5.74, 6) is 0.431. The van der Waals surface area contributed by atoms with Crippen molar-refractivity contribution in [1.82, 2.24) is 14.3 Å². The van der Waals surface area contributed by atoms with E-state index < -0.39 is 0 Å². The number of fused-ring (bicyclic) bond motifs is 1. The number of carbonyl (C=O) groups is 1. The number of rotatable bonds is 8. The van der Waals surface area contributed by atoms with Gasteiger partial charge >= 0.3 is 0 Å². The summed E-state index contributed by atoms with van der Waals surface area (Å²) in [7, 11) is 0. The number of amides is 1. The Hall–Kier alpha value is -2.97. The van der Waals surface area contributed by atoms with Crippen molar-refractivity contribution < 1.29 is 4.79 Å². The third-order valence-electron chi connectivity index (χ3n) is 5.65. The van der Waals surface area contributed by atoms with Gasteiger partial charge in [-0.15, -0.1) is 0 Å². The van der Waals surface area contributed by atoms with E-state index in [1.165, 1.54) is 16.2 Å². The van der Waals surface area contributed by atoms with Crippen molar-refractivity contribution in [3.63, 3.8) is 0 Å². The molecular formula is C26H28N4O2S2. The number of aromatic nitrogens is 2. The first kappa shape index (κ1) is 24.2. The lowest BCUT2D eigenvalue weighted by atomic mass is 10.1. The summed E-state index contributed by atoms with van der Waals surface area (Å²) >= 11 is 6.77. The van der Waals surface area contributed by atoms with Gasteiger partial charge < -0.3 is 4.90 Å². The number of nitrogens with zero attached hydrogens (tertiary/aromatic N) is 4. The zero-order valence-corrected chi connectivity index (χ0v) is 21.3. The van der Waals surface area contributed by atoms with Crippen LogP contribution in [-0.4, -0.2) is 37.6 Å². The van der Waals surface area contributed by atoms with Crippen LogP contribution in [0, 0.1) is 6.92 Å². The Kier molecular flexibility index (Phi) is 7.48. The van der Waals surface area contributed by atoms with Gasteiger partial charge in [-0.25, -0.2) is 4.98 Å². The molecule has 8 heteroatoms. The maximum atomic E-state index is 13.5. The van der Waals surface area contributed by atoms with Crippen LogP contribution in [-0.2, 0) is 11.3 Å². The highest BCUT2D eigenvalue weighted by Gasteiger charge is 2.33. The fourth-order valence-electron chi connectivity index (χ4n) is 3.97. The van der Waals surface area contributed by atoms with E-state index in [2.05, 4.69) is 18.7 Å². The third-order valence-corrected chi connectivity index (χ3v) is 7.02. The summed E-state index contributed by atoms with van der Waals surface area (Å²) in [5.41, 5.74) is 2.98. The van der Waals surface area contributed by atoms with E-state index in [4.69, 9.17) is 17.2 Å². The maximum Gasteiger partial charge on any atom is 0.267 e. The lowest BCUT2D eigenvalue weighted by Gasteiger charge is -2.24. The molecule has 0 aliphatic carbocycles. The molecule has 3 heterocycles. The average Bonchev–Trinajstić information content (AvgIpc) is 3.09. The zero-order valence-electron chi connectivity index (χ0n) is 19.7. The molecule has 1 amide bonds. The van der Waals surface area contributed by atoms with Crippen LogP contribution in [0.5, 0.6) is 0 Å². The molecule has 0 radical (unpaired) electrons. The molecule has 176 valence electrons. The number of thiocarbonyl (C=S) groups is 1. The number of hydrogen-bond acceptors (Lipinski definition) is 6. The molecule has 4 rings (SSSR count). The van der Waals surface area contributed by atoms with Crippen LogP contribution < -0.4 is 10.5 Å². The minimum Gasteiger partial charge on any atom is -0.356 e. The fraction of sp³-hybridized carbons (Fsp3) is 0.308. The smallest absolute Gasteiger partial charge is 0.267 e. The average molecular weight is 493 g/mol. The Bertz CT molecular complexity index is 1310. The molecule has 1 aromatic carbocycles. The minimum atomic E-state index is -0.193. The van der Waals surface area contributed by atoms with E-state index in [1.807, 2.05) is 43.3 Å². The van der Waals surface area contributed by atoms with Crippen molar-refractivity contribution in [3.8, 4) is 0 Å². The Morgan fingerprint density at radius 3 is 2.44 bits per heavy atom. The first-order valence-electron chi connectivity index (χ1n) is 11.5. The van der Waals surface area contributed by atoms with E-state index in [9.17, 15) is 9.59 Å². The molecule has 3 aromatic rings. The molecular weight excluding hydrogens is 464 g/mol. The van der Waals surface area contributed by atoms with Gasteiger partial charge in [0.1, 0.15) is 15.8 Å². The van der Waals surface area contributed by atoms with Crippen LogP contribution in [0.3, 0.4) is 0 Å². The monoisotopic (exact) mass is 492 g/mol. The normalized spacial score (nSPS) is 15.0. The number of carbonyl (C=O) groups excluding carboxylic acids is 1. The van der Waals surface area contributed by atoms with E-state index >= 15 is 0 Å². The molecule has 1 aliphatic rings. The van der Waals surface area contributed by atoms with Crippen molar-refractivity contribution in [2.24, 2.45) is 0 Å². The van der Waals surface area contributed by atoms with Crippen LogP contribution in [0.25, 0.3) is 11.7 Å². The van der Waals surface area contributed by atoms with Gasteiger partial charge in [-0.1, -0.05) is 73.7 Å². The molecule has 0 saturated carbocycles. The lowest BCUT2D eigenvalue weighted by Crippen LogP contribution is -2.31. The van der Waals surface area contributed by atoms with Crippen molar-refractivity contribution >= 4 is 51.7 Å². The highest BCUT2D eigenvalue weighted by Crippen LogP contribution is 2.34. The molecule has 0 unspecified atom stereocenters. The van der Waals surface area contributed by atoms with Crippen LogP contribution in [0.15, 0.2) is 58.4 Å². The van der Waals surface area contributed by atoms with E-state index in [0.717, 1.165) is 37.1 Å². The Balaban J connectivity index is 1.77. The van der Waals surface area contributed by atoms with Crippen LogP contribution >= 0.6 is 24.0 Å². The largest absolute Gasteiger partial charge is 0.356 e. The second kappa shape index (κ2) is 10.5. The molecule has 1 saturated heterocycles. The topological polar surface area (TPSA) is 57.9 Å². The maximum absolute atomic E-state index is 13.5. The Morgan fingerprint density at radius 2 is 1.76 bits per heavy atom. The molecule has 0 spiro atoms. The first-order chi connectivity index (χ1) is 16.4. The molecule has 1 aliphatic heterocycles. The summed E-state index contributed by atoms with van der Waals surface area (Å²) in [6.45, 7) is 8.19. The second-order valence-corrected chi connectivity index (χ2v) is 10.00. The molecule has 6 nitrogen and oxygen atoms in total. The van der Waals surface area contributed by atoms with Gasteiger partial charge in [0.25, 0.3) is 11.5 Å². The minimum absolute atomic E-state index is 0.184. The summed E-state index contributed by atoms with van der Waals surface area (Å²) in [6.07, 6.45) is 5.23. The number of hydrogen-bond donors (Lipinski definition) is 0. The number of anilines is 1. The molecule has 0 atom stereocenters. The van der Waals surface area contributed by atoms with Crippen molar-refractivity contribution in [3.05, 3.63) is 80.6 Å². The molecule has 34 heavy (non-hydrogen) atoms. The fourth-order valence-corrected chi connectivity index (χ4v) is 5.20. The Morgan fingerprint density at radius 1 is 1.06 bits per heavy atom. The highest BCUT2D eigenvalue weighted by molar-refractivity contribution is 8.26. The Labute approximate surface area is 209 Å². The van der Waals surface area contributed by atoms with Gasteiger partial charge in [0.05, 0.1) is 17.0 Å². The molecule has 1 fully saturated rings. The SMILES string of the molecule is CCCN(CCC)c1nc2ccccn2c(=O)c1C=C1SC(=S)N(Cc2ccc(C)cc2)C1=O. The zero-order chi connectivity index (χ0) is 24.2. The number of aryl methyl sites for hydroxylation is 1. The predicted molar refractivity (Wildman–Crippen MR) is 144 cm³/mol. The standard InChI is InChI=1S/C26H28N4O2S2/c1-4-13-28(14-5-2)23-20(24(31)29-15-7-6-8-22(29)27-23)16-21-25(32)30(26(33)34-21)17-19-11-9-18(3)10-12-19/h6-12,15-16H,4-5,13-14,17H2,1-3H3. The molecule has 0 bridgehead atoms. The molecule has 2 aromatic heterocycles. The number of pyridine rings is 1. The summed E-state index contributed by atoms with van der Waals surface area (Å²) in [6, 6.07) is 13.5. The highest BCUT2D eigenvalue weighted by atomic mass is 32.2. The van der Waals surface area contributed by atoms with Crippen molar-refractivity contribution in [1.29, 1.82) is 0 Å². The van der Waals surface area contributed by atoms with Gasteiger partial charge in [0, 0.05) is 19.3 Å². The van der Waals surface area contributed by atoms with E-state index in [-0.39, 0.29) is 11.5 Å². The van der Waals surface area contributed by atoms with Gasteiger partial charge in [0.2, 0.25) is 0 Å². The first-order valence-corrected chi connectivity index (χ1v) is 12.7. The van der Waals surface area contributed by atoms with E-state index in [0.29, 0.717) is 32.8 Å². The summed E-state index contributed by atoms with van der Waals surface area (Å²) in [4.78, 5) is 35.8. The summed E-state index contributed by atoms with van der Waals surface area (Å²) in [5, 5.41) is 0. The van der Waals surface area contributed by atoms with Crippen molar-refractivity contribution in [2.75, 3.05) is 18.0 Å². The number of thioether (sulfide) groups is 1. The predicted octanol–water partition coefficient (Wildman–Crippen LogP) is 5.03. The van der Waals surface area contributed by atoms with Gasteiger partial charge in [0.15, 0.2) is 0 Å². The van der Waals surface area contributed by atoms with Crippen LogP contribution in [0.1, 0.15) is 43.4 Å². The molecule has 0 N–H and O–H groups in total. The number of benzene rings is 1. The summed E-state index contributed by atoms with van der Waals surface area (Å²) < 4.78 is 2.02. The lowest BCUT2D eigenvalue weighted by molar-refractivity contribution is -0.122. The quantitative estimate of drug-likeness (QED) is 0.325. The van der Waals surface area contributed by atoms with Gasteiger partial charge in [-0.3, -0.25) is 18.9 Å². The van der Waals surface area contributed by atoms with Crippen LogP contribution in [0.4, 0.5) is 5.82 Å². The van der Waals surface area contributed by atoms with Crippen molar-refractivity contribution in [2.45, 2.75) is 40.2 Å². The van der Waals surface area contributed by atoms with Crippen LogP contribution in [0.2, 0.25) is 0 Å². The van der Waals surface area contributed by atoms with Gasteiger partial charge in [-0.2, -0.15) is 0 Å². The van der Waals surface area contributed by atoms with Gasteiger partial charge in [-0.05, 0) is 43.5 Å². The third kappa shape index (κ3) is 4.93. The van der Waals surface area contributed by atoms with E-state index in [1.54, 1.807) is 23.2 Å².